The van der Waals surface area contributed by atoms with Gasteiger partial charge in [-0.05, 0) is 66.0 Å². The number of fused-ring (bicyclic) bond motifs is 1. The zero-order valence-electron chi connectivity index (χ0n) is 13.6. The number of anilines is 2. The molecule has 0 bridgehead atoms. The van der Waals surface area contributed by atoms with Crippen molar-refractivity contribution >= 4 is 62.4 Å². The number of pyridine rings is 1. The Morgan fingerprint density at radius 3 is 2.68 bits per heavy atom. The van der Waals surface area contributed by atoms with Gasteiger partial charge in [0.15, 0.2) is 0 Å². The molecule has 0 aliphatic carbocycles. The van der Waals surface area contributed by atoms with E-state index in [2.05, 4.69) is 36.2 Å². The summed E-state index contributed by atoms with van der Waals surface area (Å²) in [5.74, 6) is -0.0137. The Morgan fingerprint density at radius 1 is 1.28 bits per heavy atom. The van der Waals surface area contributed by atoms with Gasteiger partial charge in [-0.1, -0.05) is 0 Å². The second-order valence-corrected chi connectivity index (χ2v) is 10.2. The number of hydrogen-bond acceptors (Lipinski definition) is 5. The van der Waals surface area contributed by atoms with Crippen LogP contribution in [0.5, 0.6) is 0 Å². The number of nitrogens with one attached hydrogen (secondary N) is 1. The van der Waals surface area contributed by atoms with Crippen LogP contribution in [0, 0.1) is 12.7 Å². The Balaban J connectivity index is 2.26. The van der Waals surface area contributed by atoms with Gasteiger partial charge in [0.2, 0.25) is 5.28 Å². The van der Waals surface area contributed by atoms with E-state index in [4.69, 9.17) is 11.6 Å². The van der Waals surface area contributed by atoms with Crippen molar-refractivity contribution in [2.75, 3.05) is 18.6 Å². The number of rotatable bonds is 3. The molecular formula is C16H14BrClFN4OP. The fourth-order valence-corrected chi connectivity index (χ4v) is 4.44. The van der Waals surface area contributed by atoms with Crippen LogP contribution in [-0.4, -0.2) is 28.3 Å². The van der Waals surface area contributed by atoms with Crippen LogP contribution in [-0.2, 0) is 4.57 Å². The maximum absolute atomic E-state index is 14.1. The molecule has 0 radical (unpaired) electrons. The zero-order chi connectivity index (χ0) is 18.4. The first-order valence-electron chi connectivity index (χ1n) is 7.27. The fourth-order valence-electron chi connectivity index (χ4n) is 2.54. The number of halogens is 3. The third kappa shape index (κ3) is 3.68. The largest absolute Gasteiger partial charge is 0.339 e. The molecule has 1 N–H and O–H groups in total. The van der Waals surface area contributed by atoms with Crippen LogP contribution in [0.15, 0.2) is 28.9 Å². The molecule has 3 rings (SSSR count). The minimum atomic E-state index is -2.76. The van der Waals surface area contributed by atoms with E-state index in [0.717, 1.165) is 0 Å². The van der Waals surface area contributed by atoms with Gasteiger partial charge in [0.05, 0.1) is 21.4 Å². The van der Waals surface area contributed by atoms with Gasteiger partial charge in [-0.25, -0.2) is 9.37 Å². The number of aromatic nitrogens is 3. The quantitative estimate of drug-likeness (QED) is 0.462. The van der Waals surface area contributed by atoms with Crippen LogP contribution < -0.4 is 10.6 Å². The standard InChI is InChI=1S/C16H14BrClFN4OP/c1-8-11(19)6-9-12(21-8)4-5-13(14(9)25(2,3)24)22-15-10(17)7-20-16(18)23-15/h4-7H,1-3H3,(H,20,22,23). The molecule has 9 heteroatoms. The summed E-state index contributed by atoms with van der Waals surface area (Å²) in [5.41, 5.74) is 1.44. The summed E-state index contributed by atoms with van der Waals surface area (Å²) < 4.78 is 27.6. The summed E-state index contributed by atoms with van der Waals surface area (Å²) in [6.45, 7) is 4.86. The smallest absolute Gasteiger partial charge is 0.224 e. The summed E-state index contributed by atoms with van der Waals surface area (Å²) in [6.07, 6.45) is 1.51. The Bertz CT molecular complexity index is 1040. The highest BCUT2D eigenvalue weighted by atomic mass is 79.9. The van der Waals surface area contributed by atoms with E-state index in [1.54, 1.807) is 32.4 Å². The lowest BCUT2D eigenvalue weighted by Crippen LogP contribution is -2.13. The SMILES string of the molecule is Cc1nc2ccc(Nc3nc(Cl)ncc3Br)c(P(C)(C)=O)c2cc1F. The molecule has 0 amide bonds. The van der Waals surface area contributed by atoms with E-state index in [9.17, 15) is 8.96 Å². The molecule has 0 saturated carbocycles. The normalized spacial score (nSPS) is 11.8. The maximum atomic E-state index is 14.1. The molecule has 0 fully saturated rings. The van der Waals surface area contributed by atoms with Crippen molar-refractivity contribution in [1.29, 1.82) is 0 Å². The van der Waals surface area contributed by atoms with E-state index < -0.39 is 13.0 Å². The van der Waals surface area contributed by atoms with Gasteiger partial charge in [0, 0.05) is 16.9 Å². The minimum Gasteiger partial charge on any atom is -0.339 e. The van der Waals surface area contributed by atoms with Crippen LogP contribution in [0.2, 0.25) is 5.28 Å². The van der Waals surface area contributed by atoms with Gasteiger partial charge >= 0.3 is 0 Å². The van der Waals surface area contributed by atoms with Gasteiger partial charge in [0.1, 0.15) is 18.8 Å². The Labute approximate surface area is 157 Å². The molecule has 0 aliphatic rings. The predicted octanol–water partition coefficient (Wildman–Crippen LogP) is 4.88. The third-order valence-corrected chi connectivity index (χ3v) is 5.93. The number of benzene rings is 1. The minimum absolute atomic E-state index is 0.0764. The van der Waals surface area contributed by atoms with Crippen LogP contribution in [0.1, 0.15) is 5.69 Å². The highest BCUT2D eigenvalue weighted by molar-refractivity contribution is 9.10. The summed E-state index contributed by atoms with van der Waals surface area (Å²) in [7, 11) is -2.76. The van der Waals surface area contributed by atoms with Crippen molar-refractivity contribution in [1.82, 2.24) is 15.0 Å². The molecule has 0 saturated heterocycles. The van der Waals surface area contributed by atoms with Gasteiger partial charge < -0.3 is 9.88 Å². The summed E-state index contributed by atoms with van der Waals surface area (Å²) >= 11 is 9.19. The van der Waals surface area contributed by atoms with Crippen LogP contribution in [0.4, 0.5) is 15.9 Å². The van der Waals surface area contributed by atoms with E-state index in [-0.39, 0.29) is 5.28 Å². The van der Waals surface area contributed by atoms with Gasteiger partial charge in [-0.15, -0.1) is 0 Å². The first kappa shape index (κ1) is 18.2. The molecule has 2 aromatic heterocycles. The van der Waals surface area contributed by atoms with Crippen molar-refractivity contribution in [3.05, 3.63) is 45.7 Å². The second kappa shape index (κ2) is 6.63. The van der Waals surface area contributed by atoms with Crippen LogP contribution in [0.25, 0.3) is 10.9 Å². The Kier molecular flexibility index (Phi) is 4.84. The van der Waals surface area contributed by atoms with Gasteiger partial charge in [0.25, 0.3) is 0 Å². The average Bonchev–Trinajstić information content (AvgIpc) is 2.51. The molecule has 0 atom stereocenters. The molecule has 5 nitrogen and oxygen atoms in total. The molecular weight excluding hydrogens is 430 g/mol. The number of nitrogens with zero attached hydrogens (tertiary/aromatic N) is 3. The van der Waals surface area contributed by atoms with Crippen LogP contribution in [0.3, 0.4) is 0 Å². The Morgan fingerprint density at radius 2 is 2.00 bits per heavy atom. The third-order valence-electron chi connectivity index (χ3n) is 3.61. The van der Waals surface area contributed by atoms with Crippen molar-refractivity contribution in [2.24, 2.45) is 0 Å². The van der Waals surface area contributed by atoms with Crippen molar-refractivity contribution in [3.63, 3.8) is 0 Å². The first-order chi connectivity index (χ1) is 11.7. The summed E-state index contributed by atoms with van der Waals surface area (Å²) in [5, 5.41) is 4.21. The Hall–Kier alpha value is -1.56. The monoisotopic (exact) mass is 442 g/mol. The summed E-state index contributed by atoms with van der Waals surface area (Å²) in [6, 6.07) is 4.88. The van der Waals surface area contributed by atoms with E-state index >= 15 is 0 Å². The topological polar surface area (TPSA) is 67.8 Å². The lowest BCUT2D eigenvalue weighted by Gasteiger charge is -2.18. The van der Waals surface area contributed by atoms with Gasteiger partial charge in [-0.2, -0.15) is 4.98 Å². The van der Waals surface area contributed by atoms with Crippen molar-refractivity contribution in [3.8, 4) is 0 Å². The predicted molar refractivity (Wildman–Crippen MR) is 104 cm³/mol. The van der Waals surface area contributed by atoms with E-state index in [0.29, 0.717) is 37.9 Å². The molecule has 1 aromatic carbocycles. The molecule has 0 unspecified atom stereocenters. The lowest BCUT2D eigenvalue weighted by molar-refractivity contribution is 0.588. The second-order valence-electron chi connectivity index (χ2n) is 5.90. The average molecular weight is 444 g/mol. The van der Waals surface area contributed by atoms with Gasteiger partial charge in [-0.3, -0.25) is 4.98 Å². The molecule has 3 aromatic rings. The zero-order valence-corrected chi connectivity index (χ0v) is 16.9. The fraction of sp³-hybridized carbons (Fsp3) is 0.188. The number of aryl methyl sites for hydroxylation is 1. The van der Waals surface area contributed by atoms with Crippen molar-refractivity contribution < 1.29 is 8.96 Å². The molecule has 0 spiro atoms. The molecule has 25 heavy (non-hydrogen) atoms. The first-order valence-corrected chi connectivity index (χ1v) is 11.0. The van der Waals surface area contributed by atoms with Crippen molar-refractivity contribution in [2.45, 2.75) is 6.92 Å². The molecule has 2 heterocycles. The lowest BCUT2D eigenvalue weighted by atomic mass is 10.1. The maximum Gasteiger partial charge on any atom is 0.224 e. The van der Waals surface area contributed by atoms with E-state index in [1.165, 1.54) is 12.3 Å². The highest BCUT2D eigenvalue weighted by Crippen LogP contribution is 2.42. The molecule has 130 valence electrons. The van der Waals surface area contributed by atoms with Crippen LogP contribution >= 0.6 is 34.7 Å². The number of hydrogen-bond donors (Lipinski definition) is 1. The molecule has 0 aliphatic heterocycles. The highest BCUT2D eigenvalue weighted by Gasteiger charge is 2.22. The summed E-state index contributed by atoms with van der Waals surface area (Å²) in [4.78, 5) is 12.2. The van der Waals surface area contributed by atoms with E-state index in [1.807, 2.05) is 0 Å².